The first-order valence-electron chi connectivity index (χ1n) is 14.1. The molecule has 0 unspecified atom stereocenters. The summed E-state index contributed by atoms with van der Waals surface area (Å²) in [4.78, 5) is 79.2. The molecular weight excluding hydrogens is 562 g/mol. The third-order valence-electron chi connectivity index (χ3n) is 6.18. The van der Waals surface area contributed by atoms with Crippen molar-refractivity contribution in [2.24, 2.45) is 5.73 Å². The number of benzene rings is 1. The van der Waals surface area contributed by atoms with E-state index in [0.717, 1.165) is 5.56 Å². The Kier molecular flexibility index (Phi) is 14.0. The van der Waals surface area contributed by atoms with Gasteiger partial charge in [0.25, 0.3) is 11.8 Å². The highest BCUT2D eigenvalue weighted by Gasteiger charge is 2.33. The highest BCUT2D eigenvalue weighted by molar-refractivity contribution is 6.01. The molecule has 238 valence electrons. The SMILES string of the molecule is C[C@H](N)CNC(=O)N[C@@H](C)CNC(=O)N[C@@H](C)CNC(=O)N(Cc1ccccc1)[C@@H](C)CNC(=O)ON1C(=O)CCC1=O. The smallest absolute Gasteiger partial charge is 0.337 e. The van der Waals surface area contributed by atoms with Crippen molar-refractivity contribution in [1.29, 1.82) is 0 Å². The van der Waals surface area contributed by atoms with Crippen LogP contribution in [0.4, 0.5) is 19.2 Å². The molecule has 0 radical (unpaired) electrons. The predicted octanol–water partition coefficient (Wildman–Crippen LogP) is 0.0995. The molecule has 16 nitrogen and oxygen atoms in total. The number of rotatable bonds is 14. The maximum atomic E-state index is 13.2. The van der Waals surface area contributed by atoms with Crippen LogP contribution in [0.2, 0.25) is 0 Å². The Morgan fingerprint density at radius 3 is 1.91 bits per heavy atom. The molecule has 2 rings (SSSR count). The Hall–Kier alpha value is -4.60. The van der Waals surface area contributed by atoms with Crippen molar-refractivity contribution >= 4 is 36.0 Å². The topological polar surface area (TPSA) is 216 Å². The quantitative estimate of drug-likeness (QED) is 0.144. The van der Waals surface area contributed by atoms with Gasteiger partial charge >= 0.3 is 24.2 Å². The minimum absolute atomic E-state index is 0.0212. The first kappa shape index (κ1) is 34.6. The summed E-state index contributed by atoms with van der Waals surface area (Å²) in [6, 6.07) is 6.43. The zero-order valence-corrected chi connectivity index (χ0v) is 25.0. The van der Waals surface area contributed by atoms with Crippen LogP contribution in [0.3, 0.4) is 0 Å². The van der Waals surface area contributed by atoms with Crippen molar-refractivity contribution in [3.8, 4) is 0 Å². The number of amides is 9. The summed E-state index contributed by atoms with van der Waals surface area (Å²) in [5, 5.41) is 16.4. The van der Waals surface area contributed by atoms with E-state index in [1.165, 1.54) is 4.90 Å². The number of hydrogen-bond acceptors (Lipinski definition) is 8. The Labute approximate surface area is 250 Å². The second kappa shape index (κ2) is 17.4. The fourth-order valence-corrected chi connectivity index (χ4v) is 3.82. The number of nitrogens with one attached hydrogen (secondary N) is 6. The Bertz CT molecular complexity index is 1100. The number of carbonyl (C=O) groups is 6. The van der Waals surface area contributed by atoms with E-state index in [0.29, 0.717) is 11.6 Å². The van der Waals surface area contributed by atoms with E-state index in [4.69, 9.17) is 10.6 Å². The number of urea groups is 3. The molecule has 1 aliphatic rings. The molecule has 0 spiro atoms. The predicted molar refractivity (Wildman–Crippen MR) is 156 cm³/mol. The van der Waals surface area contributed by atoms with Crippen molar-refractivity contribution in [2.75, 3.05) is 26.2 Å². The molecule has 1 aromatic carbocycles. The van der Waals surface area contributed by atoms with Crippen molar-refractivity contribution in [3.05, 3.63) is 35.9 Å². The summed E-state index contributed by atoms with van der Waals surface area (Å²) in [6.45, 7) is 7.73. The molecule has 1 fully saturated rings. The lowest BCUT2D eigenvalue weighted by atomic mass is 10.2. The van der Waals surface area contributed by atoms with E-state index in [1.807, 2.05) is 30.3 Å². The molecule has 4 atom stereocenters. The summed E-state index contributed by atoms with van der Waals surface area (Å²) in [7, 11) is 0. The number of nitrogens with two attached hydrogens (primary N) is 1. The average molecular weight is 606 g/mol. The van der Waals surface area contributed by atoms with E-state index in [-0.39, 0.29) is 57.1 Å². The lowest BCUT2D eigenvalue weighted by molar-refractivity contribution is -0.171. The molecule has 8 N–H and O–H groups in total. The molecule has 16 heteroatoms. The fraction of sp³-hybridized carbons (Fsp3) is 0.556. The van der Waals surface area contributed by atoms with E-state index in [2.05, 4.69) is 31.9 Å². The summed E-state index contributed by atoms with van der Waals surface area (Å²) in [6.07, 6.45) is -1.03. The van der Waals surface area contributed by atoms with E-state index in [1.54, 1.807) is 27.7 Å². The highest BCUT2D eigenvalue weighted by Crippen LogP contribution is 2.12. The molecule has 1 aromatic rings. The molecule has 1 aliphatic heterocycles. The van der Waals surface area contributed by atoms with Gasteiger partial charge in [-0.2, -0.15) is 0 Å². The molecule has 1 heterocycles. The van der Waals surface area contributed by atoms with Crippen molar-refractivity contribution in [2.45, 2.75) is 71.2 Å². The minimum Gasteiger partial charge on any atom is -0.337 e. The van der Waals surface area contributed by atoms with Gasteiger partial charge in [0.05, 0.1) is 0 Å². The van der Waals surface area contributed by atoms with E-state index in [9.17, 15) is 28.8 Å². The van der Waals surface area contributed by atoms with Gasteiger partial charge in [0.2, 0.25) is 0 Å². The lowest BCUT2D eigenvalue weighted by Crippen LogP contribution is -2.53. The van der Waals surface area contributed by atoms with E-state index < -0.39 is 42.1 Å². The molecule has 43 heavy (non-hydrogen) atoms. The molecule has 0 aromatic heterocycles. The fourth-order valence-electron chi connectivity index (χ4n) is 3.82. The third kappa shape index (κ3) is 12.8. The van der Waals surface area contributed by atoms with Gasteiger partial charge < -0.3 is 47.4 Å². The van der Waals surface area contributed by atoms with Gasteiger partial charge in [0.15, 0.2) is 0 Å². The van der Waals surface area contributed by atoms with Crippen LogP contribution < -0.4 is 37.6 Å². The van der Waals surface area contributed by atoms with Crippen LogP contribution in [0.25, 0.3) is 0 Å². The standard InChI is InChI=1S/C27H43N9O7/c1-17(28)12-29-24(39)33-18(2)13-30-25(40)34-19(3)14-31-26(41)35(16-21-8-6-5-7-9-21)20(4)15-32-27(42)43-36-22(37)10-11-23(36)38/h5-9,17-20H,10-16,28H2,1-4H3,(H,31,41)(H,32,42)(H2,29,33,39)(H2,30,34,40)/t17-,18-,19-,20-/m0/s1. The largest absolute Gasteiger partial charge is 0.432 e. The molecule has 0 aliphatic carbocycles. The number of hydroxylamine groups is 2. The van der Waals surface area contributed by atoms with Crippen LogP contribution in [0.1, 0.15) is 46.1 Å². The maximum absolute atomic E-state index is 13.2. The number of carbonyl (C=O) groups excluding carboxylic acids is 6. The average Bonchev–Trinajstić information content (AvgIpc) is 3.27. The lowest BCUT2D eigenvalue weighted by Gasteiger charge is -2.30. The summed E-state index contributed by atoms with van der Waals surface area (Å²) >= 11 is 0. The summed E-state index contributed by atoms with van der Waals surface area (Å²) < 4.78 is 0. The Morgan fingerprint density at radius 1 is 0.814 bits per heavy atom. The van der Waals surface area contributed by atoms with Gasteiger partial charge in [-0.3, -0.25) is 9.59 Å². The molecule has 0 saturated carbocycles. The van der Waals surface area contributed by atoms with Crippen LogP contribution in [-0.2, 0) is 21.0 Å². The number of imide groups is 1. The zero-order chi connectivity index (χ0) is 31.9. The number of hydrogen-bond donors (Lipinski definition) is 7. The Morgan fingerprint density at radius 2 is 1.35 bits per heavy atom. The molecular formula is C27H43N9O7. The van der Waals surface area contributed by atoms with Crippen LogP contribution >= 0.6 is 0 Å². The zero-order valence-electron chi connectivity index (χ0n) is 25.0. The van der Waals surface area contributed by atoms with Crippen molar-refractivity contribution in [3.63, 3.8) is 0 Å². The first-order valence-corrected chi connectivity index (χ1v) is 14.1. The van der Waals surface area contributed by atoms with Crippen molar-refractivity contribution < 1.29 is 33.6 Å². The van der Waals surface area contributed by atoms with Gasteiger partial charge in [-0.05, 0) is 33.3 Å². The molecule has 0 bridgehead atoms. The highest BCUT2D eigenvalue weighted by atomic mass is 16.7. The van der Waals surface area contributed by atoms with Crippen molar-refractivity contribution in [1.82, 2.24) is 41.9 Å². The van der Waals surface area contributed by atoms with E-state index >= 15 is 0 Å². The van der Waals surface area contributed by atoms with Gasteiger partial charge in [0.1, 0.15) is 0 Å². The maximum Gasteiger partial charge on any atom is 0.432 e. The Balaban J connectivity index is 1.84. The second-order valence-corrected chi connectivity index (χ2v) is 10.5. The van der Waals surface area contributed by atoms with Crippen LogP contribution in [0.5, 0.6) is 0 Å². The van der Waals surface area contributed by atoms with Gasteiger partial charge in [-0.25, -0.2) is 19.2 Å². The van der Waals surface area contributed by atoms with Crippen LogP contribution in [0.15, 0.2) is 30.3 Å². The van der Waals surface area contributed by atoms with Crippen LogP contribution in [0, 0.1) is 0 Å². The summed E-state index contributed by atoms with van der Waals surface area (Å²) in [5.74, 6) is -1.19. The normalized spacial score (nSPS) is 15.4. The summed E-state index contributed by atoms with van der Waals surface area (Å²) in [5.41, 5.74) is 6.45. The number of nitrogens with zero attached hydrogens (tertiary/aromatic N) is 2. The third-order valence-corrected chi connectivity index (χ3v) is 6.18. The van der Waals surface area contributed by atoms with Gasteiger partial charge in [0, 0.05) is 69.7 Å². The second-order valence-electron chi connectivity index (χ2n) is 10.5. The first-order chi connectivity index (χ1) is 20.3. The molecule has 9 amide bonds. The van der Waals surface area contributed by atoms with Gasteiger partial charge in [-0.1, -0.05) is 30.3 Å². The van der Waals surface area contributed by atoms with Gasteiger partial charge in [-0.15, -0.1) is 5.06 Å². The monoisotopic (exact) mass is 605 g/mol. The molecule has 1 saturated heterocycles. The van der Waals surface area contributed by atoms with Crippen LogP contribution in [-0.4, -0.2) is 96.3 Å². The minimum atomic E-state index is -0.991.